The van der Waals surface area contributed by atoms with Crippen LogP contribution in [0.3, 0.4) is 0 Å². The molecule has 5 aromatic rings. The van der Waals surface area contributed by atoms with Gasteiger partial charge in [-0.25, -0.2) is 13.8 Å². The zero-order valence-corrected chi connectivity index (χ0v) is 23.8. The van der Waals surface area contributed by atoms with E-state index < -0.39 is 29.0 Å². The van der Waals surface area contributed by atoms with Crippen LogP contribution < -0.4 is 4.74 Å². The fraction of sp³-hybridized carbons (Fsp3) is 0.250. The number of hydrogen-bond donors (Lipinski definition) is 3. The number of aryl methyl sites for hydroxylation is 2. The molecule has 11 heteroatoms. The summed E-state index contributed by atoms with van der Waals surface area (Å²) in [5, 5.41) is 9.57. The number of aromatic amines is 2. The number of nitrogens with zero attached hydrogens (tertiary/aromatic N) is 1. The van der Waals surface area contributed by atoms with Gasteiger partial charge in [0.15, 0.2) is 11.6 Å². The molecule has 224 valence electrons. The van der Waals surface area contributed by atoms with Crippen LogP contribution >= 0.6 is 0 Å². The molecule has 43 heavy (non-hydrogen) atoms. The van der Waals surface area contributed by atoms with E-state index in [9.17, 15) is 13.6 Å². The zero-order chi connectivity index (χ0) is 30.7. The molecule has 2 aromatic heterocycles. The first-order chi connectivity index (χ1) is 20.6. The SMILES string of the molecule is COCCOC(C)(c1cccc(CCC(=O)O)c1)c1cnc(-c2cc(Oc3c(F)c(F)c4[nH]ccc4c3C)ccc2F)[nH]1. The molecule has 2 heterocycles. The lowest BCUT2D eigenvalue weighted by molar-refractivity contribution is -0.136. The number of fused-ring (bicyclic) bond motifs is 1. The summed E-state index contributed by atoms with van der Waals surface area (Å²) in [6, 6.07) is 12.8. The standard InChI is InChI=1S/C32H30F3N3O5/c1-18-22-11-12-36-29(22)27(34)28(35)30(18)43-21-8-9-24(33)23(16-21)31-37-17-25(38-31)32(2,42-14-13-41-3)20-6-4-5-19(15-20)7-10-26(39)40/h4-6,8-9,11-12,15-17,36H,7,10,13-14H2,1-3H3,(H,37,38)(H,39,40). The number of methoxy groups -OCH3 is 1. The van der Waals surface area contributed by atoms with E-state index in [-0.39, 0.29) is 41.4 Å². The molecule has 3 N–H and O–H groups in total. The smallest absolute Gasteiger partial charge is 0.303 e. The molecule has 0 aliphatic rings. The summed E-state index contributed by atoms with van der Waals surface area (Å²) in [6.45, 7) is 3.97. The highest BCUT2D eigenvalue weighted by molar-refractivity contribution is 5.86. The number of ether oxygens (including phenoxy) is 3. The molecule has 0 spiro atoms. The van der Waals surface area contributed by atoms with Gasteiger partial charge in [-0.3, -0.25) is 4.79 Å². The number of carbonyl (C=O) groups is 1. The fourth-order valence-corrected chi connectivity index (χ4v) is 4.97. The minimum atomic E-state index is -1.16. The van der Waals surface area contributed by atoms with Gasteiger partial charge in [0.1, 0.15) is 23.0 Å². The molecule has 1 unspecified atom stereocenters. The second kappa shape index (κ2) is 12.3. The lowest BCUT2D eigenvalue weighted by Gasteiger charge is -2.30. The van der Waals surface area contributed by atoms with Crippen molar-refractivity contribution >= 4 is 16.9 Å². The highest BCUT2D eigenvalue weighted by Gasteiger charge is 2.33. The van der Waals surface area contributed by atoms with E-state index >= 15 is 4.39 Å². The molecule has 0 aliphatic carbocycles. The molecule has 5 rings (SSSR count). The quantitative estimate of drug-likeness (QED) is 0.134. The van der Waals surface area contributed by atoms with Gasteiger partial charge >= 0.3 is 5.97 Å². The summed E-state index contributed by atoms with van der Waals surface area (Å²) in [4.78, 5) is 21.3. The van der Waals surface area contributed by atoms with Crippen LogP contribution in [0, 0.1) is 24.4 Å². The maximum Gasteiger partial charge on any atom is 0.303 e. The van der Waals surface area contributed by atoms with Gasteiger partial charge in [-0.2, -0.15) is 4.39 Å². The number of H-pyrrole nitrogens is 2. The van der Waals surface area contributed by atoms with E-state index in [1.54, 1.807) is 20.1 Å². The van der Waals surface area contributed by atoms with Gasteiger partial charge < -0.3 is 29.3 Å². The van der Waals surface area contributed by atoms with Crippen molar-refractivity contribution in [2.45, 2.75) is 32.3 Å². The third kappa shape index (κ3) is 5.99. The maximum atomic E-state index is 15.1. The number of carboxylic acid groups (broad SMARTS) is 1. The highest BCUT2D eigenvalue weighted by Crippen LogP contribution is 2.38. The summed E-state index contributed by atoms with van der Waals surface area (Å²) in [5.74, 6) is -3.81. The van der Waals surface area contributed by atoms with Gasteiger partial charge in [0.05, 0.1) is 36.2 Å². The van der Waals surface area contributed by atoms with Crippen LogP contribution in [0.2, 0.25) is 0 Å². The second-order valence-electron chi connectivity index (χ2n) is 10.2. The predicted molar refractivity (Wildman–Crippen MR) is 154 cm³/mol. The van der Waals surface area contributed by atoms with Gasteiger partial charge in [-0.15, -0.1) is 0 Å². The third-order valence-electron chi connectivity index (χ3n) is 7.39. The number of carboxylic acids is 1. The van der Waals surface area contributed by atoms with Crippen molar-refractivity contribution in [2.75, 3.05) is 20.3 Å². The monoisotopic (exact) mass is 593 g/mol. The maximum absolute atomic E-state index is 15.1. The van der Waals surface area contributed by atoms with E-state index in [4.69, 9.17) is 19.3 Å². The Morgan fingerprint density at radius 2 is 1.88 bits per heavy atom. The number of benzene rings is 3. The van der Waals surface area contributed by atoms with Crippen molar-refractivity contribution in [1.82, 2.24) is 15.0 Å². The van der Waals surface area contributed by atoms with Crippen LogP contribution in [0.4, 0.5) is 13.2 Å². The summed E-state index contributed by atoms with van der Waals surface area (Å²) in [5.41, 5.74) is 1.42. The van der Waals surface area contributed by atoms with Gasteiger partial charge in [0.2, 0.25) is 5.82 Å². The van der Waals surface area contributed by atoms with Gasteiger partial charge in [-0.1, -0.05) is 24.3 Å². The van der Waals surface area contributed by atoms with Crippen molar-refractivity contribution in [2.24, 2.45) is 0 Å². The first kappa shape index (κ1) is 29.9. The molecule has 0 saturated heterocycles. The summed E-state index contributed by atoms with van der Waals surface area (Å²) in [7, 11) is 1.55. The largest absolute Gasteiger partial charge is 0.481 e. The molecule has 0 saturated carbocycles. The minimum absolute atomic E-state index is 0.0221. The van der Waals surface area contributed by atoms with Crippen molar-refractivity contribution in [3.63, 3.8) is 0 Å². The van der Waals surface area contributed by atoms with Crippen LogP contribution in [-0.2, 0) is 26.3 Å². The summed E-state index contributed by atoms with van der Waals surface area (Å²) < 4.78 is 61.9. The topological polar surface area (TPSA) is 109 Å². The molecular formula is C32H30F3N3O5. The Labute approximate surface area is 245 Å². The van der Waals surface area contributed by atoms with E-state index in [1.165, 1.54) is 24.5 Å². The number of nitrogens with one attached hydrogen (secondary N) is 2. The van der Waals surface area contributed by atoms with Gasteiger partial charge in [-0.05, 0) is 55.7 Å². The lowest BCUT2D eigenvalue weighted by Crippen LogP contribution is -2.29. The fourth-order valence-electron chi connectivity index (χ4n) is 4.97. The molecule has 8 nitrogen and oxygen atoms in total. The van der Waals surface area contributed by atoms with E-state index in [1.807, 2.05) is 31.2 Å². The number of halogens is 3. The zero-order valence-electron chi connectivity index (χ0n) is 23.8. The highest BCUT2D eigenvalue weighted by atomic mass is 19.2. The lowest BCUT2D eigenvalue weighted by atomic mass is 9.90. The number of aromatic nitrogens is 3. The molecule has 0 aliphatic heterocycles. The Hall–Kier alpha value is -4.61. The summed E-state index contributed by atoms with van der Waals surface area (Å²) >= 11 is 0. The first-order valence-electron chi connectivity index (χ1n) is 13.5. The molecule has 0 amide bonds. The second-order valence-corrected chi connectivity index (χ2v) is 10.2. The molecule has 0 bridgehead atoms. The molecule has 0 radical (unpaired) electrons. The van der Waals surface area contributed by atoms with Crippen LogP contribution in [0.5, 0.6) is 11.5 Å². The Morgan fingerprint density at radius 1 is 1.07 bits per heavy atom. The Kier molecular flexibility index (Phi) is 8.56. The van der Waals surface area contributed by atoms with E-state index in [0.717, 1.165) is 17.2 Å². The Balaban J connectivity index is 1.49. The molecule has 1 atom stereocenters. The van der Waals surface area contributed by atoms with E-state index in [0.29, 0.717) is 29.7 Å². The van der Waals surface area contributed by atoms with Crippen LogP contribution in [0.15, 0.2) is 60.9 Å². The van der Waals surface area contributed by atoms with Crippen molar-refractivity contribution < 1.29 is 37.3 Å². The predicted octanol–water partition coefficient (Wildman–Crippen LogP) is 7.02. The molecular weight excluding hydrogens is 563 g/mol. The normalized spacial score (nSPS) is 12.9. The van der Waals surface area contributed by atoms with Gasteiger partial charge in [0, 0.05) is 30.7 Å². The average Bonchev–Trinajstić information content (AvgIpc) is 3.69. The number of hydrogen-bond acceptors (Lipinski definition) is 5. The van der Waals surface area contributed by atoms with Crippen LogP contribution in [0.1, 0.15) is 35.7 Å². The van der Waals surface area contributed by atoms with Crippen molar-refractivity contribution in [1.29, 1.82) is 0 Å². The average molecular weight is 594 g/mol. The van der Waals surface area contributed by atoms with E-state index in [2.05, 4.69) is 15.0 Å². The van der Waals surface area contributed by atoms with Crippen molar-refractivity contribution in [3.05, 3.63) is 101 Å². The number of rotatable bonds is 12. The van der Waals surface area contributed by atoms with Crippen molar-refractivity contribution in [3.8, 4) is 22.9 Å². The summed E-state index contributed by atoms with van der Waals surface area (Å²) in [6.07, 6.45) is 3.35. The minimum Gasteiger partial charge on any atom is -0.481 e. The Morgan fingerprint density at radius 3 is 2.65 bits per heavy atom. The number of aliphatic carboxylic acids is 1. The molecule has 3 aromatic carbocycles. The third-order valence-corrected chi connectivity index (χ3v) is 7.39. The molecule has 0 fully saturated rings. The van der Waals surface area contributed by atoms with Gasteiger partial charge in [0.25, 0.3) is 0 Å². The van der Waals surface area contributed by atoms with Crippen LogP contribution in [-0.4, -0.2) is 46.4 Å². The first-order valence-corrected chi connectivity index (χ1v) is 13.5. The number of imidazole rings is 1. The van der Waals surface area contributed by atoms with Crippen LogP contribution in [0.25, 0.3) is 22.3 Å². The Bertz CT molecular complexity index is 1780.